The van der Waals surface area contributed by atoms with Crippen molar-refractivity contribution in [2.75, 3.05) is 13.1 Å². The second-order valence-corrected chi connectivity index (χ2v) is 5.34. The number of aliphatic hydroxyl groups is 1. The molecule has 0 aliphatic rings. The third-order valence-corrected chi connectivity index (χ3v) is 3.77. The maximum Gasteiger partial charge on any atom is 0.0942 e. The zero-order valence-electron chi connectivity index (χ0n) is 12.7. The molecule has 1 aromatic carbocycles. The number of unbranched alkanes of at least 4 members (excludes halogenated alkanes) is 2. The van der Waals surface area contributed by atoms with Gasteiger partial charge in [0.25, 0.3) is 0 Å². The summed E-state index contributed by atoms with van der Waals surface area (Å²) in [5.41, 5.74) is 1.02. The average molecular weight is 263 g/mol. The second kappa shape index (κ2) is 9.11. The molecule has 1 rings (SSSR count). The van der Waals surface area contributed by atoms with Crippen LogP contribution in [0.5, 0.6) is 0 Å². The maximum atomic E-state index is 10.5. The van der Waals surface area contributed by atoms with Crippen molar-refractivity contribution < 1.29 is 5.11 Å². The van der Waals surface area contributed by atoms with E-state index in [-0.39, 0.29) is 6.04 Å². The van der Waals surface area contributed by atoms with Gasteiger partial charge in [0.1, 0.15) is 0 Å². The minimum atomic E-state index is -0.394. The summed E-state index contributed by atoms with van der Waals surface area (Å²) in [6, 6.07) is 10.2. The fourth-order valence-electron chi connectivity index (χ4n) is 2.37. The van der Waals surface area contributed by atoms with Crippen molar-refractivity contribution >= 4 is 0 Å². The van der Waals surface area contributed by atoms with Gasteiger partial charge in [0.2, 0.25) is 0 Å². The Hall–Kier alpha value is -0.860. The minimum Gasteiger partial charge on any atom is -0.387 e. The van der Waals surface area contributed by atoms with E-state index in [1.54, 1.807) is 0 Å². The molecular weight excluding hydrogens is 234 g/mol. The summed E-state index contributed by atoms with van der Waals surface area (Å²) in [7, 11) is 0. The standard InChI is InChI=1S/C17H29NO/c1-4-6-13-18(14-7-5-2)15(3)17(19)16-11-9-8-10-12-16/h8-12,15,17,19H,4-7,13-14H2,1-3H3/t15?,17-/m0/s1. The molecule has 1 unspecified atom stereocenters. The van der Waals surface area contributed by atoms with Crippen LogP contribution in [0.25, 0.3) is 0 Å². The summed E-state index contributed by atoms with van der Waals surface area (Å²) in [5, 5.41) is 10.5. The molecule has 0 fully saturated rings. The van der Waals surface area contributed by atoms with Crippen LogP contribution in [0.2, 0.25) is 0 Å². The van der Waals surface area contributed by atoms with Crippen LogP contribution in [0.15, 0.2) is 30.3 Å². The molecule has 0 saturated heterocycles. The van der Waals surface area contributed by atoms with E-state index < -0.39 is 6.10 Å². The van der Waals surface area contributed by atoms with E-state index in [0.717, 1.165) is 18.7 Å². The molecule has 2 atom stereocenters. The highest BCUT2D eigenvalue weighted by molar-refractivity contribution is 5.18. The van der Waals surface area contributed by atoms with Gasteiger partial charge in [0, 0.05) is 6.04 Å². The van der Waals surface area contributed by atoms with Gasteiger partial charge in [-0.15, -0.1) is 0 Å². The SMILES string of the molecule is CCCCN(CCCC)C(C)[C@H](O)c1ccccc1. The second-order valence-electron chi connectivity index (χ2n) is 5.34. The number of benzene rings is 1. The number of rotatable bonds is 9. The van der Waals surface area contributed by atoms with Gasteiger partial charge in [-0.05, 0) is 38.4 Å². The highest BCUT2D eigenvalue weighted by Gasteiger charge is 2.22. The van der Waals surface area contributed by atoms with Gasteiger partial charge in [0.05, 0.1) is 6.10 Å². The molecule has 0 amide bonds. The lowest BCUT2D eigenvalue weighted by Gasteiger charge is -2.32. The van der Waals surface area contributed by atoms with Crippen molar-refractivity contribution in [1.82, 2.24) is 4.90 Å². The Kier molecular flexibility index (Phi) is 7.76. The molecule has 1 N–H and O–H groups in total. The lowest BCUT2D eigenvalue weighted by atomic mass is 10.0. The molecule has 0 aliphatic heterocycles. The van der Waals surface area contributed by atoms with Gasteiger partial charge < -0.3 is 5.11 Å². The fourth-order valence-corrected chi connectivity index (χ4v) is 2.37. The highest BCUT2D eigenvalue weighted by atomic mass is 16.3. The summed E-state index contributed by atoms with van der Waals surface area (Å²) >= 11 is 0. The van der Waals surface area contributed by atoms with Gasteiger partial charge in [-0.25, -0.2) is 0 Å². The van der Waals surface area contributed by atoms with Crippen molar-refractivity contribution in [3.8, 4) is 0 Å². The van der Waals surface area contributed by atoms with Crippen molar-refractivity contribution in [3.63, 3.8) is 0 Å². The van der Waals surface area contributed by atoms with Crippen molar-refractivity contribution in [3.05, 3.63) is 35.9 Å². The number of hydrogen-bond donors (Lipinski definition) is 1. The molecule has 2 nitrogen and oxygen atoms in total. The van der Waals surface area contributed by atoms with Crippen LogP contribution in [0.3, 0.4) is 0 Å². The van der Waals surface area contributed by atoms with E-state index in [1.165, 1.54) is 25.7 Å². The molecule has 0 spiro atoms. The third kappa shape index (κ3) is 5.33. The van der Waals surface area contributed by atoms with Gasteiger partial charge in [-0.2, -0.15) is 0 Å². The molecule has 0 saturated carbocycles. The van der Waals surface area contributed by atoms with Crippen molar-refractivity contribution in [1.29, 1.82) is 0 Å². The number of nitrogens with zero attached hydrogens (tertiary/aromatic N) is 1. The Morgan fingerprint density at radius 3 is 2.00 bits per heavy atom. The van der Waals surface area contributed by atoms with Crippen LogP contribution in [0.4, 0.5) is 0 Å². The van der Waals surface area contributed by atoms with Crippen LogP contribution in [-0.2, 0) is 0 Å². The van der Waals surface area contributed by atoms with Crippen LogP contribution in [0, 0.1) is 0 Å². The zero-order chi connectivity index (χ0) is 14.1. The Bertz CT molecular complexity index is 317. The molecule has 0 aliphatic carbocycles. The first-order valence-corrected chi connectivity index (χ1v) is 7.67. The van der Waals surface area contributed by atoms with Crippen molar-refractivity contribution in [2.45, 2.75) is 58.6 Å². The van der Waals surface area contributed by atoms with Gasteiger partial charge in [-0.1, -0.05) is 57.0 Å². The van der Waals surface area contributed by atoms with Crippen LogP contribution in [0.1, 0.15) is 58.1 Å². The van der Waals surface area contributed by atoms with Gasteiger partial charge >= 0.3 is 0 Å². The normalized spacial score (nSPS) is 14.6. The smallest absolute Gasteiger partial charge is 0.0942 e. The van der Waals surface area contributed by atoms with E-state index in [1.807, 2.05) is 30.3 Å². The summed E-state index contributed by atoms with van der Waals surface area (Å²) in [5.74, 6) is 0. The molecule has 0 bridgehead atoms. The molecule has 1 aromatic rings. The fraction of sp³-hybridized carbons (Fsp3) is 0.647. The first-order valence-electron chi connectivity index (χ1n) is 7.67. The van der Waals surface area contributed by atoms with Crippen LogP contribution >= 0.6 is 0 Å². The molecule has 19 heavy (non-hydrogen) atoms. The van der Waals surface area contributed by atoms with Crippen molar-refractivity contribution in [2.24, 2.45) is 0 Å². The molecule has 108 valence electrons. The summed E-state index contributed by atoms with van der Waals surface area (Å²) in [6.07, 6.45) is 4.42. The zero-order valence-corrected chi connectivity index (χ0v) is 12.7. The van der Waals surface area contributed by atoms with Gasteiger partial charge in [-0.3, -0.25) is 4.90 Å². The Morgan fingerprint density at radius 2 is 1.53 bits per heavy atom. The van der Waals surface area contributed by atoms with Crippen LogP contribution in [-0.4, -0.2) is 29.1 Å². The minimum absolute atomic E-state index is 0.181. The van der Waals surface area contributed by atoms with E-state index in [9.17, 15) is 5.11 Å². The Labute approximate surface area is 118 Å². The lowest BCUT2D eigenvalue weighted by molar-refractivity contribution is 0.0560. The number of hydrogen-bond acceptors (Lipinski definition) is 2. The average Bonchev–Trinajstić information content (AvgIpc) is 2.47. The predicted octanol–water partition coefficient (Wildman–Crippen LogP) is 4.01. The van der Waals surface area contributed by atoms with E-state index in [0.29, 0.717) is 0 Å². The Morgan fingerprint density at radius 1 is 1.00 bits per heavy atom. The largest absolute Gasteiger partial charge is 0.387 e. The summed E-state index contributed by atoms with van der Waals surface area (Å²) in [6.45, 7) is 8.75. The highest BCUT2D eigenvalue weighted by Crippen LogP contribution is 2.21. The quantitative estimate of drug-likeness (QED) is 0.727. The summed E-state index contributed by atoms with van der Waals surface area (Å²) in [4.78, 5) is 2.44. The van der Waals surface area contributed by atoms with E-state index in [4.69, 9.17) is 0 Å². The third-order valence-electron chi connectivity index (χ3n) is 3.77. The first-order chi connectivity index (χ1) is 9.20. The molecule has 0 aromatic heterocycles. The predicted molar refractivity (Wildman–Crippen MR) is 82.3 cm³/mol. The molecular formula is C17H29NO. The lowest BCUT2D eigenvalue weighted by Crippen LogP contribution is -2.39. The monoisotopic (exact) mass is 263 g/mol. The molecule has 2 heteroatoms. The maximum absolute atomic E-state index is 10.5. The topological polar surface area (TPSA) is 23.5 Å². The Balaban J connectivity index is 2.65. The van der Waals surface area contributed by atoms with Gasteiger partial charge in [0.15, 0.2) is 0 Å². The molecule has 0 heterocycles. The molecule has 0 radical (unpaired) electrons. The number of aliphatic hydroxyl groups excluding tert-OH is 1. The van der Waals surface area contributed by atoms with Crippen LogP contribution < -0.4 is 0 Å². The first kappa shape index (κ1) is 16.2. The summed E-state index contributed by atoms with van der Waals surface area (Å²) < 4.78 is 0. The van der Waals surface area contributed by atoms with E-state index in [2.05, 4.69) is 25.7 Å². The van der Waals surface area contributed by atoms with E-state index >= 15 is 0 Å².